The minimum Gasteiger partial charge on any atom is -0.507 e. The molecule has 1 N–H and O–H groups in total. The maximum absolute atomic E-state index is 11.6. The van der Waals surface area contributed by atoms with E-state index in [0.717, 1.165) is 39.7 Å². The second-order valence-electron chi connectivity index (χ2n) is 9.45. The SMILES string of the molecule is Cc1ccc(S(=O)(=O)OC[C@H]2CO2)cc1.Oc1cccc2ncccc12.c1cc(OC[C@H]2CO2)c2cccnc2c1. The van der Waals surface area contributed by atoms with Gasteiger partial charge < -0.3 is 19.3 Å². The van der Waals surface area contributed by atoms with Crippen molar-refractivity contribution >= 4 is 31.9 Å². The molecule has 0 amide bonds. The highest BCUT2D eigenvalue weighted by molar-refractivity contribution is 7.86. The average molecular weight is 575 g/mol. The maximum Gasteiger partial charge on any atom is 0.297 e. The molecule has 0 saturated carbocycles. The maximum atomic E-state index is 11.6. The number of nitrogens with zero attached hydrogens (tertiary/aromatic N) is 2. The van der Waals surface area contributed by atoms with Crippen molar-refractivity contribution in [3.05, 3.63) is 103 Å². The third kappa shape index (κ3) is 8.21. The lowest BCUT2D eigenvalue weighted by Gasteiger charge is -2.06. The van der Waals surface area contributed by atoms with Crippen molar-refractivity contribution in [2.75, 3.05) is 26.4 Å². The average Bonchev–Trinajstić information content (AvgIpc) is 3.92. The van der Waals surface area contributed by atoms with Gasteiger partial charge in [-0.05, 0) is 67.6 Å². The standard InChI is InChI=1S/C12H11NO2.C10H12O4S.C9H7NO/c1-4-11-10(3-2-6-13-11)12(5-1)15-8-9-7-14-9;1-8-2-4-10(5-3-8)15(11,12)14-7-9-6-13-9;11-9-5-1-4-8-7(9)3-2-6-10-8/h1-6,9H,7-8H2;2-5,9H,6-7H2,1H3;1-6,11H/t2*9-;/m11./s1. The Morgan fingerprint density at radius 3 is 2.00 bits per heavy atom. The highest BCUT2D eigenvalue weighted by Gasteiger charge is 2.26. The molecule has 2 aliphatic rings. The number of hydrogen-bond donors (Lipinski definition) is 1. The zero-order valence-electron chi connectivity index (χ0n) is 22.4. The Labute approximate surface area is 238 Å². The molecule has 212 valence electrons. The second kappa shape index (κ2) is 13.0. The van der Waals surface area contributed by atoms with Crippen LogP contribution in [-0.2, 0) is 23.8 Å². The van der Waals surface area contributed by atoms with E-state index >= 15 is 0 Å². The van der Waals surface area contributed by atoms with Crippen LogP contribution in [0.25, 0.3) is 21.8 Å². The van der Waals surface area contributed by atoms with Crippen molar-refractivity contribution < 1.29 is 31.9 Å². The molecule has 4 heterocycles. The third-order valence-corrected chi connectivity index (χ3v) is 7.47. The number of hydrogen-bond acceptors (Lipinski definition) is 9. The van der Waals surface area contributed by atoms with Crippen LogP contribution in [-0.4, -0.2) is 62.1 Å². The highest BCUT2D eigenvalue weighted by Crippen LogP contribution is 2.25. The molecule has 3 aromatic carbocycles. The summed E-state index contributed by atoms with van der Waals surface area (Å²) in [4.78, 5) is 8.54. The van der Waals surface area contributed by atoms with E-state index < -0.39 is 10.1 Å². The number of epoxide rings is 2. The third-order valence-electron chi connectivity index (χ3n) is 6.18. The lowest BCUT2D eigenvalue weighted by Crippen LogP contribution is -2.10. The van der Waals surface area contributed by atoms with Gasteiger partial charge in [0, 0.05) is 23.2 Å². The van der Waals surface area contributed by atoms with Crippen LogP contribution in [0.4, 0.5) is 0 Å². The minimum atomic E-state index is -3.61. The van der Waals surface area contributed by atoms with Gasteiger partial charge in [0.15, 0.2) is 0 Å². The normalized spacial score (nSPS) is 17.1. The molecule has 10 heteroatoms. The molecule has 41 heavy (non-hydrogen) atoms. The number of pyridine rings is 2. The molecule has 2 atom stereocenters. The molecular weight excluding hydrogens is 544 g/mol. The van der Waals surface area contributed by atoms with Crippen molar-refractivity contribution in [2.24, 2.45) is 0 Å². The first-order valence-corrected chi connectivity index (χ1v) is 14.5. The Balaban J connectivity index is 0.000000125. The Morgan fingerprint density at radius 2 is 1.37 bits per heavy atom. The van der Waals surface area contributed by atoms with Crippen LogP contribution in [0.15, 0.2) is 102 Å². The van der Waals surface area contributed by atoms with E-state index in [0.29, 0.717) is 13.2 Å². The van der Waals surface area contributed by atoms with Crippen LogP contribution >= 0.6 is 0 Å². The van der Waals surface area contributed by atoms with Crippen LogP contribution in [0.3, 0.4) is 0 Å². The molecule has 9 nitrogen and oxygen atoms in total. The Kier molecular flexibility index (Phi) is 9.05. The molecule has 2 aliphatic heterocycles. The molecule has 2 fully saturated rings. The predicted molar refractivity (Wildman–Crippen MR) is 154 cm³/mol. The van der Waals surface area contributed by atoms with Gasteiger partial charge in [0.2, 0.25) is 0 Å². The number of aromatic hydroxyl groups is 1. The summed E-state index contributed by atoms with van der Waals surface area (Å²) in [5.74, 6) is 1.17. The van der Waals surface area contributed by atoms with E-state index in [1.807, 2.05) is 55.5 Å². The highest BCUT2D eigenvalue weighted by atomic mass is 32.2. The number of ether oxygens (including phenoxy) is 3. The molecule has 0 spiro atoms. The zero-order valence-corrected chi connectivity index (χ0v) is 23.2. The fraction of sp³-hybridized carbons (Fsp3) is 0.226. The molecule has 7 rings (SSSR count). The molecule has 2 aromatic heterocycles. The number of phenols is 1. The fourth-order valence-electron chi connectivity index (χ4n) is 3.74. The summed E-state index contributed by atoms with van der Waals surface area (Å²) in [6.07, 6.45) is 3.74. The molecule has 5 aromatic rings. The van der Waals surface area contributed by atoms with Gasteiger partial charge in [-0.1, -0.05) is 29.8 Å². The quantitative estimate of drug-likeness (QED) is 0.210. The van der Waals surface area contributed by atoms with Crippen LogP contribution < -0.4 is 4.74 Å². The molecular formula is C31H30N2O7S. The number of aryl methyl sites for hydroxylation is 1. The lowest BCUT2D eigenvalue weighted by molar-refractivity contribution is 0.265. The van der Waals surface area contributed by atoms with Gasteiger partial charge in [0.25, 0.3) is 10.1 Å². The van der Waals surface area contributed by atoms with E-state index in [-0.39, 0.29) is 29.5 Å². The minimum absolute atomic E-state index is 0.0507. The number of aromatic nitrogens is 2. The molecule has 0 radical (unpaired) electrons. The molecule has 0 bridgehead atoms. The van der Waals surface area contributed by atoms with Gasteiger partial charge in [-0.3, -0.25) is 14.2 Å². The molecule has 0 aliphatic carbocycles. The van der Waals surface area contributed by atoms with E-state index in [9.17, 15) is 13.5 Å². The Hall–Kier alpha value is -4.09. The number of rotatable bonds is 7. The van der Waals surface area contributed by atoms with Gasteiger partial charge in [-0.15, -0.1) is 0 Å². The summed E-state index contributed by atoms with van der Waals surface area (Å²) < 4.78 is 43.7. The second-order valence-corrected chi connectivity index (χ2v) is 11.1. The summed E-state index contributed by atoms with van der Waals surface area (Å²) in [6.45, 7) is 4.05. The molecule has 0 unspecified atom stereocenters. The number of benzene rings is 3. The van der Waals surface area contributed by atoms with Gasteiger partial charge in [-0.2, -0.15) is 8.42 Å². The van der Waals surface area contributed by atoms with Crippen LogP contribution in [0.1, 0.15) is 5.56 Å². The summed E-state index contributed by atoms with van der Waals surface area (Å²) in [5, 5.41) is 11.2. The Morgan fingerprint density at radius 1 is 0.780 bits per heavy atom. The molecule has 2 saturated heterocycles. The summed E-state index contributed by atoms with van der Waals surface area (Å²) in [7, 11) is -3.61. The van der Waals surface area contributed by atoms with Crippen molar-refractivity contribution in [1.29, 1.82) is 0 Å². The summed E-state index contributed by atoms with van der Waals surface area (Å²) in [6, 6.07) is 25.4. The zero-order chi connectivity index (χ0) is 28.7. The van der Waals surface area contributed by atoms with E-state index in [1.165, 1.54) is 0 Å². The lowest BCUT2D eigenvalue weighted by atomic mass is 10.2. The van der Waals surface area contributed by atoms with Crippen LogP contribution in [0.2, 0.25) is 0 Å². The first-order valence-electron chi connectivity index (χ1n) is 13.1. The van der Waals surface area contributed by atoms with Crippen molar-refractivity contribution in [3.63, 3.8) is 0 Å². The number of fused-ring (bicyclic) bond motifs is 2. The first kappa shape index (κ1) is 28.4. The Bertz CT molecular complexity index is 1690. The van der Waals surface area contributed by atoms with E-state index in [2.05, 4.69) is 9.97 Å². The van der Waals surface area contributed by atoms with E-state index in [4.69, 9.17) is 18.4 Å². The van der Waals surface area contributed by atoms with Gasteiger partial charge in [0.05, 0.1) is 35.7 Å². The largest absolute Gasteiger partial charge is 0.507 e. The van der Waals surface area contributed by atoms with Gasteiger partial charge in [-0.25, -0.2) is 0 Å². The fourth-order valence-corrected chi connectivity index (χ4v) is 4.67. The first-order chi connectivity index (χ1) is 19.9. The van der Waals surface area contributed by atoms with E-state index in [1.54, 1.807) is 48.8 Å². The van der Waals surface area contributed by atoms with Crippen molar-refractivity contribution in [2.45, 2.75) is 24.0 Å². The van der Waals surface area contributed by atoms with Crippen LogP contribution in [0.5, 0.6) is 11.5 Å². The van der Waals surface area contributed by atoms with Crippen molar-refractivity contribution in [3.8, 4) is 11.5 Å². The van der Waals surface area contributed by atoms with Gasteiger partial charge >= 0.3 is 0 Å². The summed E-state index contributed by atoms with van der Waals surface area (Å²) >= 11 is 0. The van der Waals surface area contributed by atoms with Crippen LogP contribution in [0, 0.1) is 6.92 Å². The van der Waals surface area contributed by atoms with Gasteiger partial charge in [0.1, 0.15) is 30.3 Å². The predicted octanol–water partition coefficient (Wildman–Crippen LogP) is 5.05. The summed E-state index contributed by atoms with van der Waals surface area (Å²) in [5.41, 5.74) is 2.80. The number of phenolic OH excluding ortho intramolecular Hbond substituents is 1. The topological polar surface area (TPSA) is 124 Å². The van der Waals surface area contributed by atoms with Crippen molar-refractivity contribution in [1.82, 2.24) is 9.97 Å². The monoisotopic (exact) mass is 574 g/mol. The smallest absolute Gasteiger partial charge is 0.297 e.